The molecule has 1 heterocycles. The number of hydrogen-bond donors (Lipinski definition) is 5. The monoisotopic (exact) mass is 490 g/mol. The minimum absolute atomic E-state index is 0.139. The van der Waals surface area contributed by atoms with Gasteiger partial charge in [0.05, 0.1) is 19.3 Å². The Labute approximate surface area is 203 Å². The molecule has 1 unspecified atom stereocenters. The molecule has 0 radical (unpaired) electrons. The molecule has 0 bridgehead atoms. The Hall–Kier alpha value is -1.68. The standard InChI is InChI=1S/C22H38O7.C3H8O2/c1-2-3-4-5-6-7-8-9-10-11-12-13-14-15-18(25)28-21-19(26)22(27)29-20(21)17(24)16-23;1-3(5)2-4/h17,20,23-24,26H,2-16H2,1H3;3-5H,2H2,1H3/t17-,20+;/m0./s1. The van der Waals surface area contributed by atoms with Crippen LogP contribution in [-0.4, -0.2) is 69.0 Å². The summed E-state index contributed by atoms with van der Waals surface area (Å²) in [5.74, 6) is -2.92. The van der Waals surface area contributed by atoms with Crippen molar-refractivity contribution in [3.63, 3.8) is 0 Å². The summed E-state index contributed by atoms with van der Waals surface area (Å²) in [6.45, 7) is 2.93. The molecule has 9 nitrogen and oxygen atoms in total. The van der Waals surface area contributed by atoms with Gasteiger partial charge >= 0.3 is 11.9 Å². The number of ether oxygens (including phenoxy) is 2. The normalized spacial score (nSPS) is 17.1. The Morgan fingerprint density at radius 1 is 0.882 bits per heavy atom. The third-order valence-corrected chi connectivity index (χ3v) is 5.43. The lowest BCUT2D eigenvalue weighted by molar-refractivity contribution is -0.151. The highest BCUT2D eigenvalue weighted by Crippen LogP contribution is 2.25. The van der Waals surface area contributed by atoms with Crippen LogP contribution in [0.3, 0.4) is 0 Å². The summed E-state index contributed by atoms with van der Waals surface area (Å²) in [6, 6.07) is 0. The fourth-order valence-corrected chi connectivity index (χ4v) is 3.38. The lowest BCUT2D eigenvalue weighted by atomic mass is 10.0. The maximum Gasteiger partial charge on any atom is 0.378 e. The van der Waals surface area contributed by atoms with Crippen molar-refractivity contribution in [3.05, 3.63) is 11.5 Å². The average molecular weight is 491 g/mol. The molecule has 1 rings (SSSR count). The zero-order chi connectivity index (χ0) is 25.8. The van der Waals surface area contributed by atoms with Gasteiger partial charge in [-0.2, -0.15) is 0 Å². The molecule has 0 aromatic rings. The summed E-state index contributed by atoms with van der Waals surface area (Å²) >= 11 is 0. The number of aliphatic hydroxyl groups excluding tert-OH is 5. The van der Waals surface area contributed by atoms with Gasteiger partial charge in [-0.15, -0.1) is 0 Å². The lowest BCUT2D eigenvalue weighted by Gasteiger charge is -2.17. The molecule has 34 heavy (non-hydrogen) atoms. The highest BCUT2D eigenvalue weighted by molar-refractivity contribution is 5.90. The predicted octanol–water partition coefficient (Wildman–Crippen LogP) is 3.42. The smallest absolute Gasteiger partial charge is 0.378 e. The van der Waals surface area contributed by atoms with E-state index in [9.17, 15) is 19.8 Å². The molecule has 0 fully saturated rings. The maximum absolute atomic E-state index is 11.9. The first-order chi connectivity index (χ1) is 16.3. The van der Waals surface area contributed by atoms with E-state index in [-0.39, 0.29) is 13.0 Å². The van der Waals surface area contributed by atoms with Crippen molar-refractivity contribution >= 4 is 11.9 Å². The van der Waals surface area contributed by atoms with Gasteiger partial charge in [0, 0.05) is 6.42 Å². The molecule has 0 saturated carbocycles. The highest BCUT2D eigenvalue weighted by atomic mass is 16.6. The maximum atomic E-state index is 11.9. The Morgan fingerprint density at radius 3 is 1.74 bits per heavy atom. The summed E-state index contributed by atoms with van der Waals surface area (Å²) in [4.78, 5) is 23.3. The molecule has 3 atom stereocenters. The van der Waals surface area contributed by atoms with E-state index in [0.29, 0.717) is 6.42 Å². The van der Waals surface area contributed by atoms with Crippen molar-refractivity contribution in [1.29, 1.82) is 0 Å². The quantitative estimate of drug-likeness (QED) is 0.144. The number of unbranched alkanes of at least 4 members (excludes halogenated alkanes) is 12. The molecule has 1 aliphatic rings. The second kappa shape index (κ2) is 20.7. The minimum atomic E-state index is -1.46. The second-order valence-electron chi connectivity index (χ2n) is 8.79. The third kappa shape index (κ3) is 15.3. The molecule has 9 heteroatoms. The minimum Gasteiger partial charge on any atom is -0.499 e. The Bertz CT molecular complexity index is 575. The first kappa shape index (κ1) is 32.3. The molecule has 0 aromatic heterocycles. The Kier molecular flexibility index (Phi) is 19.7. The van der Waals surface area contributed by atoms with Gasteiger partial charge in [-0.3, -0.25) is 4.79 Å². The van der Waals surface area contributed by atoms with Gasteiger partial charge in [0.1, 0.15) is 6.10 Å². The molecule has 5 N–H and O–H groups in total. The number of rotatable bonds is 18. The van der Waals surface area contributed by atoms with Crippen LogP contribution < -0.4 is 0 Å². The van der Waals surface area contributed by atoms with Crippen molar-refractivity contribution in [2.24, 2.45) is 0 Å². The fraction of sp³-hybridized carbons (Fsp3) is 0.840. The molecule has 0 saturated heterocycles. The Morgan fingerprint density at radius 2 is 1.32 bits per heavy atom. The van der Waals surface area contributed by atoms with Gasteiger partial charge < -0.3 is 35.0 Å². The second-order valence-corrected chi connectivity index (χ2v) is 8.79. The van der Waals surface area contributed by atoms with E-state index in [1.807, 2.05) is 0 Å². The number of esters is 2. The SMILES string of the molecule is CC(O)CO.CCCCCCCCCCCCCCCC(=O)OC1=C(O)C(=O)O[C@@H]1[C@@H](O)CO. The number of cyclic esters (lactones) is 1. The van der Waals surface area contributed by atoms with E-state index in [0.717, 1.165) is 19.3 Å². The van der Waals surface area contributed by atoms with Crippen LogP contribution in [0.5, 0.6) is 0 Å². The van der Waals surface area contributed by atoms with E-state index in [1.165, 1.54) is 64.7 Å². The largest absolute Gasteiger partial charge is 0.499 e. The Balaban J connectivity index is 0.00000196. The van der Waals surface area contributed by atoms with Gasteiger partial charge in [-0.05, 0) is 13.3 Å². The van der Waals surface area contributed by atoms with Crippen LogP contribution in [0.25, 0.3) is 0 Å². The van der Waals surface area contributed by atoms with Crippen LogP contribution in [0.1, 0.15) is 104 Å². The van der Waals surface area contributed by atoms with Crippen molar-refractivity contribution in [2.75, 3.05) is 13.2 Å². The highest BCUT2D eigenvalue weighted by Gasteiger charge is 2.41. The summed E-state index contributed by atoms with van der Waals surface area (Å²) in [6.07, 6.45) is 12.4. The van der Waals surface area contributed by atoms with E-state index in [4.69, 9.17) is 24.8 Å². The van der Waals surface area contributed by atoms with E-state index >= 15 is 0 Å². The van der Waals surface area contributed by atoms with Crippen molar-refractivity contribution < 1.29 is 44.6 Å². The molecule has 0 amide bonds. The van der Waals surface area contributed by atoms with Crippen LogP contribution in [-0.2, 0) is 19.1 Å². The number of carbonyl (C=O) groups excluding carboxylic acids is 2. The number of aliphatic hydroxyl groups is 5. The van der Waals surface area contributed by atoms with Crippen LogP contribution >= 0.6 is 0 Å². The summed E-state index contributed by atoms with van der Waals surface area (Å²) in [5.41, 5.74) is 0. The molecule has 0 aliphatic carbocycles. The fourth-order valence-electron chi connectivity index (χ4n) is 3.38. The van der Waals surface area contributed by atoms with E-state index < -0.39 is 48.4 Å². The summed E-state index contributed by atoms with van der Waals surface area (Å²) < 4.78 is 9.72. The molecule has 0 aromatic carbocycles. The third-order valence-electron chi connectivity index (χ3n) is 5.43. The van der Waals surface area contributed by atoms with Crippen LogP contribution in [0, 0.1) is 0 Å². The molecular weight excluding hydrogens is 444 g/mol. The molecule has 200 valence electrons. The first-order valence-electron chi connectivity index (χ1n) is 12.7. The van der Waals surface area contributed by atoms with Crippen molar-refractivity contribution in [1.82, 2.24) is 0 Å². The van der Waals surface area contributed by atoms with Gasteiger partial charge in [0.2, 0.25) is 11.5 Å². The zero-order valence-corrected chi connectivity index (χ0v) is 20.9. The van der Waals surface area contributed by atoms with Crippen LogP contribution in [0.4, 0.5) is 0 Å². The number of hydrogen-bond acceptors (Lipinski definition) is 9. The molecule has 0 spiro atoms. The molecular formula is C25H46O9. The van der Waals surface area contributed by atoms with Gasteiger partial charge in [0.15, 0.2) is 6.10 Å². The zero-order valence-electron chi connectivity index (χ0n) is 20.9. The number of carbonyl (C=O) groups is 2. The molecule has 1 aliphatic heterocycles. The first-order valence-corrected chi connectivity index (χ1v) is 12.7. The van der Waals surface area contributed by atoms with Crippen molar-refractivity contribution in [3.8, 4) is 0 Å². The van der Waals surface area contributed by atoms with Gasteiger partial charge in [-0.1, -0.05) is 84.0 Å². The lowest BCUT2D eigenvalue weighted by Crippen LogP contribution is -2.33. The topological polar surface area (TPSA) is 154 Å². The summed E-state index contributed by atoms with van der Waals surface area (Å²) in [5, 5.41) is 44.2. The van der Waals surface area contributed by atoms with Crippen molar-refractivity contribution in [2.45, 2.75) is 122 Å². The van der Waals surface area contributed by atoms with Crippen LogP contribution in [0.15, 0.2) is 11.5 Å². The van der Waals surface area contributed by atoms with Gasteiger partial charge in [-0.25, -0.2) is 4.79 Å². The van der Waals surface area contributed by atoms with E-state index in [2.05, 4.69) is 6.92 Å². The van der Waals surface area contributed by atoms with Gasteiger partial charge in [0.25, 0.3) is 0 Å². The van der Waals surface area contributed by atoms with E-state index in [1.54, 1.807) is 0 Å². The predicted molar refractivity (Wildman–Crippen MR) is 128 cm³/mol. The summed E-state index contributed by atoms with van der Waals surface area (Å²) in [7, 11) is 0. The average Bonchev–Trinajstić information content (AvgIpc) is 3.10. The van der Waals surface area contributed by atoms with Crippen LogP contribution in [0.2, 0.25) is 0 Å².